The summed E-state index contributed by atoms with van der Waals surface area (Å²) in [5, 5.41) is 0. The molecule has 1 aliphatic heterocycles. The van der Waals surface area contributed by atoms with Crippen molar-refractivity contribution in [2.45, 2.75) is 50.4 Å². The highest BCUT2D eigenvalue weighted by Gasteiger charge is 2.31. The molecule has 1 aliphatic carbocycles. The van der Waals surface area contributed by atoms with E-state index in [2.05, 4.69) is 16.9 Å². The summed E-state index contributed by atoms with van der Waals surface area (Å²) >= 11 is 0. The van der Waals surface area contributed by atoms with E-state index >= 15 is 0 Å². The first kappa shape index (κ1) is 18.1. The molecule has 1 aromatic rings. The summed E-state index contributed by atoms with van der Waals surface area (Å²) in [7, 11) is 5.68. The SMILES string of the molecule is CO[C@H]1C[C@@H](CN(C)C(=O)c2ccc(OC3CCCC3)nc2)N(C)C1. The maximum absolute atomic E-state index is 12.6. The molecule has 0 unspecified atom stereocenters. The lowest BCUT2D eigenvalue weighted by molar-refractivity contribution is 0.0759. The summed E-state index contributed by atoms with van der Waals surface area (Å²) in [5.74, 6) is 0.610. The summed E-state index contributed by atoms with van der Waals surface area (Å²) in [6, 6.07) is 3.95. The normalized spacial score (nSPS) is 24.6. The van der Waals surface area contributed by atoms with Crippen LogP contribution in [0.1, 0.15) is 42.5 Å². The van der Waals surface area contributed by atoms with Crippen LogP contribution in [0.5, 0.6) is 5.88 Å². The molecule has 1 saturated carbocycles. The van der Waals surface area contributed by atoms with Crippen LogP contribution in [0.25, 0.3) is 0 Å². The van der Waals surface area contributed by atoms with E-state index in [1.165, 1.54) is 12.8 Å². The van der Waals surface area contributed by atoms with Crippen molar-refractivity contribution in [3.05, 3.63) is 23.9 Å². The fourth-order valence-electron chi connectivity index (χ4n) is 3.79. The van der Waals surface area contributed by atoms with Crippen LogP contribution in [0.15, 0.2) is 18.3 Å². The second kappa shape index (κ2) is 8.15. The number of carbonyl (C=O) groups is 1. The smallest absolute Gasteiger partial charge is 0.255 e. The second-order valence-corrected chi connectivity index (χ2v) is 7.28. The average Bonchev–Trinajstić information content (AvgIpc) is 3.25. The van der Waals surface area contributed by atoms with Gasteiger partial charge in [0.1, 0.15) is 6.10 Å². The van der Waals surface area contributed by atoms with Gasteiger partial charge in [-0.25, -0.2) is 4.98 Å². The van der Waals surface area contributed by atoms with Gasteiger partial charge in [-0.15, -0.1) is 0 Å². The van der Waals surface area contributed by atoms with Crippen molar-refractivity contribution in [1.29, 1.82) is 0 Å². The Morgan fingerprint density at radius 3 is 2.68 bits per heavy atom. The molecule has 0 N–H and O–H groups in total. The van der Waals surface area contributed by atoms with Crippen molar-refractivity contribution in [3.8, 4) is 5.88 Å². The second-order valence-electron chi connectivity index (χ2n) is 7.28. The predicted octanol–water partition coefficient (Wildman–Crippen LogP) is 2.19. The number of rotatable bonds is 6. The molecule has 25 heavy (non-hydrogen) atoms. The molecule has 6 nitrogen and oxygen atoms in total. The number of likely N-dealkylation sites (N-methyl/N-ethyl adjacent to an activating group) is 2. The largest absolute Gasteiger partial charge is 0.474 e. The number of methoxy groups -OCH3 is 1. The molecular weight excluding hydrogens is 318 g/mol. The molecule has 138 valence electrons. The van der Waals surface area contributed by atoms with Gasteiger partial charge in [0, 0.05) is 45.6 Å². The lowest BCUT2D eigenvalue weighted by atomic mass is 10.1. The lowest BCUT2D eigenvalue weighted by Crippen LogP contribution is -2.39. The van der Waals surface area contributed by atoms with Crippen LogP contribution in [0.3, 0.4) is 0 Å². The Kier molecular flexibility index (Phi) is 5.91. The third kappa shape index (κ3) is 4.50. The van der Waals surface area contributed by atoms with Crippen LogP contribution < -0.4 is 4.74 Å². The maximum atomic E-state index is 12.6. The Morgan fingerprint density at radius 2 is 2.08 bits per heavy atom. The molecule has 0 bridgehead atoms. The molecule has 1 amide bonds. The van der Waals surface area contributed by atoms with Gasteiger partial charge >= 0.3 is 0 Å². The third-order valence-corrected chi connectivity index (χ3v) is 5.39. The van der Waals surface area contributed by atoms with Crippen molar-refractivity contribution >= 4 is 5.91 Å². The van der Waals surface area contributed by atoms with Crippen LogP contribution in [-0.4, -0.2) is 73.2 Å². The number of pyridine rings is 1. The van der Waals surface area contributed by atoms with Crippen LogP contribution in [0, 0.1) is 0 Å². The van der Waals surface area contributed by atoms with Crippen LogP contribution in [0.2, 0.25) is 0 Å². The van der Waals surface area contributed by atoms with E-state index in [9.17, 15) is 4.79 Å². The van der Waals surface area contributed by atoms with Gasteiger partial charge in [0.15, 0.2) is 0 Å². The number of amides is 1. The van der Waals surface area contributed by atoms with Crippen molar-refractivity contribution in [1.82, 2.24) is 14.8 Å². The summed E-state index contributed by atoms with van der Waals surface area (Å²) in [6.45, 7) is 1.60. The minimum absolute atomic E-state index is 0.00539. The van der Waals surface area contributed by atoms with Crippen molar-refractivity contribution in [3.63, 3.8) is 0 Å². The van der Waals surface area contributed by atoms with Crippen LogP contribution >= 0.6 is 0 Å². The molecule has 6 heteroatoms. The molecule has 2 fully saturated rings. The zero-order valence-corrected chi connectivity index (χ0v) is 15.5. The first-order valence-corrected chi connectivity index (χ1v) is 9.18. The maximum Gasteiger partial charge on any atom is 0.255 e. The highest BCUT2D eigenvalue weighted by atomic mass is 16.5. The molecule has 2 aliphatic rings. The predicted molar refractivity (Wildman–Crippen MR) is 95.9 cm³/mol. The van der Waals surface area contributed by atoms with Gasteiger partial charge in [0.25, 0.3) is 5.91 Å². The van der Waals surface area contributed by atoms with E-state index in [-0.39, 0.29) is 18.1 Å². The Morgan fingerprint density at radius 1 is 1.32 bits per heavy atom. The van der Waals surface area contributed by atoms with Gasteiger partial charge < -0.3 is 14.4 Å². The number of hydrogen-bond donors (Lipinski definition) is 0. The highest BCUT2D eigenvalue weighted by molar-refractivity contribution is 5.93. The standard InChI is InChI=1S/C19H29N3O3/c1-21-13-17(24-3)10-15(21)12-22(2)19(23)14-8-9-18(20-11-14)25-16-6-4-5-7-16/h8-9,11,15-17H,4-7,10,12-13H2,1-3H3/t15-,17-/m0/s1. The molecular formula is C19H29N3O3. The Hall–Kier alpha value is -1.66. The average molecular weight is 347 g/mol. The van der Waals surface area contributed by atoms with Gasteiger partial charge in [-0.2, -0.15) is 0 Å². The van der Waals surface area contributed by atoms with Gasteiger partial charge in [0.2, 0.25) is 5.88 Å². The van der Waals surface area contributed by atoms with Crippen molar-refractivity contribution < 1.29 is 14.3 Å². The van der Waals surface area contributed by atoms with E-state index in [1.807, 2.05) is 19.2 Å². The topological polar surface area (TPSA) is 54.9 Å². The van der Waals surface area contributed by atoms with E-state index in [0.29, 0.717) is 24.0 Å². The number of ether oxygens (including phenoxy) is 2. The molecule has 0 spiro atoms. The monoisotopic (exact) mass is 347 g/mol. The zero-order valence-electron chi connectivity index (χ0n) is 15.5. The number of nitrogens with zero attached hydrogens (tertiary/aromatic N) is 3. The zero-order chi connectivity index (χ0) is 17.8. The quantitative estimate of drug-likeness (QED) is 0.790. The highest BCUT2D eigenvalue weighted by Crippen LogP contribution is 2.23. The lowest BCUT2D eigenvalue weighted by Gasteiger charge is -2.25. The minimum Gasteiger partial charge on any atom is -0.474 e. The van der Waals surface area contributed by atoms with E-state index in [4.69, 9.17) is 9.47 Å². The van der Waals surface area contributed by atoms with Gasteiger partial charge in [-0.3, -0.25) is 9.69 Å². The van der Waals surface area contributed by atoms with Crippen LogP contribution in [0.4, 0.5) is 0 Å². The minimum atomic E-state index is -0.00539. The molecule has 1 saturated heterocycles. The van der Waals surface area contributed by atoms with Gasteiger partial charge in [0.05, 0.1) is 11.7 Å². The Labute approximate surface area is 150 Å². The number of likely N-dealkylation sites (tertiary alicyclic amines) is 1. The Bertz CT molecular complexity index is 572. The fourth-order valence-corrected chi connectivity index (χ4v) is 3.79. The fraction of sp³-hybridized carbons (Fsp3) is 0.684. The van der Waals surface area contributed by atoms with E-state index in [0.717, 1.165) is 25.8 Å². The van der Waals surface area contributed by atoms with Crippen LogP contribution in [-0.2, 0) is 4.74 Å². The molecule has 2 atom stereocenters. The molecule has 0 aromatic carbocycles. The van der Waals surface area contributed by atoms with E-state index in [1.54, 1.807) is 18.2 Å². The van der Waals surface area contributed by atoms with Crippen molar-refractivity contribution in [2.24, 2.45) is 0 Å². The first-order chi connectivity index (χ1) is 12.1. The van der Waals surface area contributed by atoms with Gasteiger partial charge in [-0.1, -0.05) is 0 Å². The molecule has 3 rings (SSSR count). The summed E-state index contributed by atoms with van der Waals surface area (Å²) in [6.07, 6.45) is 7.77. The van der Waals surface area contributed by atoms with Gasteiger partial charge in [-0.05, 0) is 45.2 Å². The summed E-state index contributed by atoms with van der Waals surface area (Å²) in [5.41, 5.74) is 0.602. The van der Waals surface area contributed by atoms with Crippen molar-refractivity contribution in [2.75, 3.05) is 34.3 Å². The molecule has 0 radical (unpaired) electrons. The molecule has 2 heterocycles. The first-order valence-electron chi connectivity index (χ1n) is 9.18. The number of carbonyl (C=O) groups excluding carboxylic acids is 1. The third-order valence-electron chi connectivity index (χ3n) is 5.39. The summed E-state index contributed by atoms with van der Waals surface area (Å²) < 4.78 is 11.3. The number of aromatic nitrogens is 1. The molecule has 1 aromatic heterocycles. The van der Waals surface area contributed by atoms with E-state index < -0.39 is 0 Å². The summed E-state index contributed by atoms with van der Waals surface area (Å²) in [4.78, 5) is 21.0. The Balaban J connectivity index is 1.54. The number of hydrogen-bond acceptors (Lipinski definition) is 5.